The molecule has 146 valence electrons. The Hall–Kier alpha value is -2.36. The zero-order valence-corrected chi connectivity index (χ0v) is 16.6. The van der Waals surface area contributed by atoms with Gasteiger partial charge in [-0.05, 0) is 35.7 Å². The van der Waals surface area contributed by atoms with E-state index in [0.29, 0.717) is 23.4 Å². The summed E-state index contributed by atoms with van der Waals surface area (Å²) in [5.74, 6) is -0.610. The van der Waals surface area contributed by atoms with E-state index in [1.54, 1.807) is 6.07 Å². The van der Waals surface area contributed by atoms with Crippen molar-refractivity contribution in [2.24, 2.45) is 5.73 Å². The Morgan fingerprint density at radius 1 is 1.11 bits per heavy atom. The Morgan fingerprint density at radius 2 is 1.89 bits per heavy atom. The molecule has 5 nitrogen and oxygen atoms in total. The summed E-state index contributed by atoms with van der Waals surface area (Å²) < 4.78 is 35.5. The van der Waals surface area contributed by atoms with Crippen LogP contribution in [-0.2, 0) is 12.3 Å². The molecule has 3 N–H and O–H groups in total. The van der Waals surface area contributed by atoms with Crippen molar-refractivity contribution in [1.82, 2.24) is 9.97 Å². The van der Waals surface area contributed by atoms with E-state index in [1.807, 2.05) is 24.3 Å². The van der Waals surface area contributed by atoms with Crippen LogP contribution in [-0.4, -0.2) is 17.1 Å². The molecule has 2 aromatic carbocycles. The number of halogens is 2. The van der Waals surface area contributed by atoms with E-state index in [2.05, 4.69) is 14.7 Å². The second kappa shape index (κ2) is 9.72. The quantitative estimate of drug-likeness (QED) is 0.313. The number of nitrogens with two attached hydrogens (primary N) is 1. The fraction of sp³-hybridized carbons (Fsp3) is 0.158. The number of hydrogen-bond acceptors (Lipinski definition) is 7. The van der Waals surface area contributed by atoms with Gasteiger partial charge in [-0.15, -0.1) is 0 Å². The van der Waals surface area contributed by atoms with Crippen molar-refractivity contribution in [3.63, 3.8) is 0 Å². The van der Waals surface area contributed by atoms with Crippen LogP contribution in [0.4, 0.5) is 14.6 Å². The van der Waals surface area contributed by atoms with Gasteiger partial charge in [-0.1, -0.05) is 36.0 Å². The van der Waals surface area contributed by atoms with Gasteiger partial charge in [0.05, 0.1) is 7.11 Å². The van der Waals surface area contributed by atoms with Gasteiger partial charge in [0.2, 0.25) is 5.88 Å². The minimum absolute atomic E-state index is 0.198. The average molecular weight is 421 g/mol. The highest BCUT2D eigenvalue weighted by atomic mass is 32.2. The molecule has 0 aliphatic carbocycles. The molecular weight excluding hydrogens is 402 g/mol. The molecule has 0 saturated heterocycles. The molecule has 0 unspecified atom stereocenters. The molecule has 1 heterocycles. The van der Waals surface area contributed by atoms with E-state index in [9.17, 15) is 8.78 Å². The third-order valence-electron chi connectivity index (χ3n) is 3.71. The monoisotopic (exact) mass is 420 g/mol. The number of methoxy groups -OCH3 is 1. The fourth-order valence-electron chi connectivity index (χ4n) is 2.23. The number of aromatic nitrogens is 2. The molecule has 0 spiro atoms. The number of anilines is 1. The molecular formula is C19H18F2N4OS2. The molecule has 28 heavy (non-hydrogen) atoms. The van der Waals surface area contributed by atoms with Gasteiger partial charge in [0.1, 0.15) is 5.82 Å². The Bertz CT molecular complexity index is 942. The summed E-state index contributed by atoms with van der Waals surface area (Å²) in [6, 6.07) is 13.6. The van der Waals surface area contributed by atoms with Crippen LogP contribution in [0.3, 0.4) is 0 Å². The maximum absolute atomic E-state index is 13.8. The number of nitrogens with zero attached hydrogens (tertiary/aromatic N) is 2. The van der Waals surface area contributed by atoms with Crippen molar-refractivity contribution in [1.29, 1.82) is 0 Å². The van der Waals surface area contributed by atoms with Crippen LogP contribution < -0.4 is 15.2 Å². The summed E-state index contributed by atoms with van der Waals surface area (Å²) in [6.45, 7) is 0.494. The van der Waals surface area contributed by atoms with Gasteiger partial charge in [-0.2, -0.15) is 4.98 Å². The first-order chi connectivity index (χ1) is 13.6. The van der Waals surface area contributed by atoms with Gasteiger partial charge in [-0.3, -0.25) is 0 Å². The van der Waals surface area contributed by atoms with Crippen LogP contribution in [0.2, 0.25) is 0 Å². The maximum Gasteiger partial charge on any atom is 0.219 e. The van der Waals surface area contributed by atoms with E-state index in [4.69, 9.17) is 10.5 Å². The van der Waals surface area contributed by atoms with E-state index < -0.39 is 11.6 Å². The molecule has 0 aliphatic rings. The largest absolute Gasteiger partial charge is 0.481 e. The Balaban J connectivity index is 1.69. The molecule has 3 aromatic rings. The summed E-state index contributed by atoms with van der Waals surface area (Å²) in [4.78, 5) is 9.64. The van der Waals surface area contributed by atoms with E-state index in [-0.39, 0.29) is 11.3 Å². The number of hydrogen-bond donors (Lipinski definition) is 2. The topological polar surface area (TPSA) is 73.1 Å². The lowest BCUT2D eigenvalue weighted by molar-refractivity contribution is 0.393. The van der Waals surface area contributed by atoms with Gasteiger partial charge in [0.25, 0.3) is 0 Å². The summed E-state index contributed by atoms with van der Waals surface area (Å²) >= 11 is 2.58. The van der Waals surface area contributed by atoms with Gasteiger partial charge in [0.15, 0.2) is 16.8 Å². The van der Waals surface area contributed by atoms with E-state index >= 15 is 0 Å². The molecule has 0 saturated carbocycles. The number of thioether (sulfide) groups is 1. The number of benzene rings is 2. The van der Waals surface area contributed by atoms with Crippen molar-refractivity contribution in [2.75, 3.05) is 11.8 Å². The first kappa shape index (κ1) is 20.4. The maximum atomic E-state index is 13.8. The van der Waals surface area contributed by atoms with Crippen molar-refractivity contribution >= 4 is 29.5 Å². The van der Waals surface area contributed by atoms with Gasteiger partial charge < -0.3 is 15.2 Å². The second-order valence-electron chi connectivity index (χ2n) is 5.63. The normalized spacial score (nSPS) is 10.7. The minimum atomic E-state index is -0.871. The summed E-state index contributed by atoms with van der Waals surface area (Å²) in [6.07, 6.45) is 0. The van der Waals surface area contributed by atoms with Gasteiger partial charge >= 0.3 is 0 Å². The number of nitrogens with one attached hydrogen (secondary N) is 1. The molecule has 0 radical (unpaired) electrons. The predicted molar refractivity (Wildman–Crippen MR) is 108 cm³/mol. The third-order valence-corrected chi connectivity index (χ3v) is 5.43. The van der Waals surface area contributed by atoms with Crippen LogP contribution in [0.5, 0.6) is 5.88 Å². The number of ether oxygens (including phenoxy) is 1. The van der Waals surface area contributed by atoms with Crippen LogP contribution in [0.25, 0.3) is 0 Å². The second-order valence-corrected chi connectivity index (χ2v) is 7.45. The molecule has 1 aromatic heterocycles. The zero-order chi connectivity index (χ0) is 19.9. The van der Waals surface area contributed by atoms with Crippen LogP contribution >= 0.6 is 23.7 Å². The molecule has 0 bridgehead atoms. The molecule has 3 rings (SSSR count). The third kappa shape index (κ3) is 5.34. The van der Waals surface area contributed by atoms with E-state index in [0.717, 1.165) is 16.5 Å². The smallest absolute Gasteiger partial charge is 0.219 e. The zero-order valence-electron chi connectivity index (χ0n) is 15.0. The average Bonchev–Trinajstić information content (AvgIpc) is 2.73. The van der Waals surface area contributed by atoms with Gasteiger partial charge in [0, 0.05) is 28.8 Å². The number of rotatable bonds is 8. The Labute approximate surface area is 170 Å². The SMILES string of the molecule is COc1cc(NSc2ccc(CN)cc2)nc(SCc2cccc(F)c2F)n1. The summed E-state index contributed by atoms with van der Waals surface area (Å²) in [5, 5.41) is 0.393. The highest BCUT2D eigenvalue weighted by Crippen LogP contribution is 2.27. The van der Waals surface area contributed by atoms with Crippen LogP contribution in [0, 0.1) is 11.6 Å². The lowest BCUT2D eigenvalue weighted by Crippen LogP contribution is -1.99. The van der Waals surface area contributed by atoms with Crippen LogP contribution in [0.15, 0.2) is 58.6 Å². The minimum Gasteiger partial charge on any atom is -0.481 e. The summed E-state index contributed by atoms with van der Waals surface area (Å²) in [5.41, 5.74) is 6.90. The van der Waals surface area contributed by atoms with Gasteiger partial charge in [-0.25, -0.2) is 13.8 Å². The van der Waals surface area contributed by atoms with Crippen molar-refractivity contribution in [3.8, 4) is 5.88 Å². The fourth-order valence-corrected chi connectivity index (χ4v) is 3.66. The Morgan fingerprint density at radius 3 is 2.61 bits per heavy atom. The van der Waals surface area contributed by atoms with Crippen molar-refractivity contribution in [2.45, 2.75) is 22.3 Å². The first-order valence-electron chi connectivity index (χ1n) is 8.29. The lowest BCUT2D eigenvalue weighted by Gasteiger charge is -2.09. The predicted octanol–water partition coefficient (Wildman–Crippen LogP) is 4.63. The van der Waals surface area contributed by atoms with Crippen molar-refractivity contribution in [3.05, 3.63) is 71.3 Å². The summed E-state index contributed by atoms with van der Waals surface area (Å²) in [7, 11) is 1.51. The highest BCUT2D eigenvalue weighted by molar-refractivity contribution is 8.00. The van der Waals surface area contributed by atoms with Crippen LogP contribution in [0.1, 0.15) is 11.1 Å². The first-order valence-corrected chi connectivity index (χ1v) is 10.1. The lowest BCUT2D eigenvalue weighted by atomic mass is 10.2. The Kier molecular flexibility index (Phi) is 7.07. The van der Waals surface area contributed by atoms with Crippen molar-refractivity contribution < 1.29 is 13.5 Å². The highest BCUT2D eigenvalue weighted by Gasteiger charge is 2.11. The molecule has 0 amide bonds. The molecule has 0 aliphatic heterocycles. The molecule has 0 atom stereocenters. The molecule has 9 heteroatoms. The molecule has 0 fully saturated rings. The van der Waals surface area contributed by atoms with E-state index in [1.165, 1.54) is 43.0 Å². The standard InChI is InChI=1S/C19H18F2N4OS2/c1-26-17-9-16(25-28-14-7-5-12(10-22)6-8-14)23-19(24-17)27-11-13-3-2-4-15(20)18(13)21/h2-9H,10-11,22H2,1H3,(H,23,24,25).